The standard InChI is InChI=1S/C28H32N6O2S/c35-23-8-6-20(7-9-23)29-28-30-21(16-19-4-2-1-3-5-19)17-22(31-28)18-26-32-24-10-11-25(33-27(24)37-26)34-12-14-36-15-13-34/h1-5,10-11,17,20,23,35H,6-9,12-16,18H2,(H,29,30,31). The highest BCUT2D eigenvalue weighted by molar-refractivity contribution is 7.18. The molecule has 3 aromatic heterocycles. The van der Waals surface area contributed by atoms with Gasteiger partial charge in [-0.15, -0.1) is 0 Å². The highest BCUT2D eigenvalue weighted by atomic mass is 32.1. The van der Waals surface area contributed by atoms with Crippen LogP contribution in [0.25, 0.3) is 10.3 Å². The first-order valence-electron chi connectivity index (χ1n) is 13.1. The van der Waals surface area contributed by atoms with E-state index in [1.165, 1.54) is 5.56 Å². The van der Waals surface area contributed by atoms with Crippen molar-refractivity contribution in [2.45, 2.75) is 50.7 Å². The van der Waals surface area contributed by atoms with Crippen molar-refractivity contribution in [2.24, 2.45) is 0 Å². The third kappa shape index (κ3) is 6.06. The molecule has 0 unspecified atom stereocenters. The predicted molar refractivity (Wildman–Crippen MR) is 146 cm³/mol. The van der Waals surface area contributed by atoms with Crippen LogP contribution in [0.2, 0.25) is 0 Å². The molecule has 2 fully saturated rings. The van der Waals surface area contributed by atoms with E-state index in [0.29, 0.717) is 12.4 Å². The third-order valence-electron chi connectivity index (χ3n) is 7.04. The number of pyridine rings is 1. The monoisotopic (exact) mass is 516 g/mol. The van der Waals surface area contributed by atoms with Gasteiger partial charge in [-0.05, 0) is 49.4 Å². The second kappa shape index (κ2) is 11.1. The maximum Gasteiger partial charge on any atom is 0.223 e. The molecule has 6 rings (SSSR count). The normalized spacial score (nSPS) is 20.3. The average molecular weight is 517 g/mol. The van der Waals surface area contributed by atoms with Crippen molar-refractivity contribution in [3.63, 3.8) is 0 Å². The van der Waals surface area contributed by atoms with E-state index in [1.54, 1.807) is 11.3 Å². The quantitative estimate of drug-likeness (QED) is 0.377. The molecule has 1 aliphatic carbocycles. The maximum absolute atomic E-state index is 9.88. The SMILES string of the molecule is OC1CCC(Nc2nc(Cc3ccccc3)cc(Cc3nc4ccc(N5CCOCC5)nc4s3)n2)CC1. The van der Waals surface area contributed by atoms with E-state index >= 15 is 0 Å². The molecular formula is C28H32N6O2S. The Balaban J connectivity index is 1.24. The zero-order valence-corrected chi connectivity index (χ0v) is 21.7. The Bertz CT molecular complexity index is 1330. The van der Waals surface area contributed by atoms with E-state index in [2.05, 4.69) is 52.7 Å². The van der Waals surface area contributed by atoms with Crippen LogP contribution >= 0.6 is 11.3 Å². The summed E-state index contributed by atoms with van der Waals surface area (Å²) in [6, 6.07) is 16.9. The molecule has 8 nitrogen and oxygen atoms in total. The Kier molecular flexibility index (Phi) is 7.25. The Hall–Kier alpha value is -3.14. The van der Waals surface area contributed by atoms with Crippen molar-refractivity contribution in [3.8, 4) is 0 Å². The van der Waals surface area contributed by atoms with Crippen LogP contribution in [0.1, 0.15) is 47.6 Å². The number of aliphatic hydroxyl groups is 1. The van der Waals surface area contributed by atoms with Gasteiger partial charge in [0.1, 0.15) is 21.2 Å². The average Bonchev–Trinajstić information content (AvgIpc) is 3.32. The lowest BCUT2D eigenvalue weighted by Gasteiger charge is -2.27. The number of ether oxygens (including phenoxy) is 1. The van der Waals surface area contributed by atoms with E-state index in [-0.39, 0.29) is 12.1 Å². The van der Waals surface area contributed by atoms with Gasteiger partial charge in [0.2, 0.25) is 5.95 Å². The van der Waals surface area contributed by atoms with Crippen LogP contribution < -0.4 is 10.2 Å². The molecule has 4 aromatic rings. The van der Waals surface area contributed by atoms with Crippen molar-refractivity contribution in [1.82, 2.24) is 19.9 Å². The summed E-state index contributed by atoms with van der Waals surface area (Å²) in [7, 11) is 0. The van der Waals surface area contributed by atoms with Gasteiger partial charge < -0.3 is 20.1 Å². The zero-order valence-electron chi connectivity index (χ0n) is 20.8. The predicted octanol–water partition coefficient (Wildman–Crippen LogP) is 4.21. The molecule has 1 saturated carbocycles. The molecule has 0 spiro atoms. The van der Waals surface area contributed by atoms with E-state index in [0.717, 1.165) is 91.0 Å². The number of aromatic nitrogens is 4. The number of nitrogens with one attached hydrogen (secondary N) is 1. The van der Waals surface area contributed by atoms with Gasteiger partial charge in [-0.3, -0.25) is 0 Å². The number of aliphatic hydroxyl groups excluding tert-OH is 1. The van der Waals surface area contributed by atoms with Crippen LogP contribution in [0, 0.1) is 0 Å². The third-order valence-corrected chi connectivity index (χ3v) is 8.01. The van der Waals surface area contributed by atoms with Gasteiger partial charge in [0.25, 0.3) is 0 Å². The van der Waals surface area contributed by atoms with Crippen LogP contribution in [0.4, 0.5) is 11.8 Å². The molecule has 1 aliphatic heterocycles. The van der Waals surface area contributed by atoms with Crippen LogP contribution in [0.5, 0.6) is 0 Å². The number of anilines is 2. The number of fused-ring (bicyclic) bond motifs is 1. The van der Waals surface area contributed by atoms with Crippen LogP contribution in [-0.4, -0.2) is 63.5 Å². The van der Waals surface area contributed by atoms with Crippen molar-refractivity contribution in [1.29, 1.82) is 0 Å². The van der Waals surface area contributed by atoms with Crippen LogP contribution in [0.15, 0.2) is 48.5 Å². The molecule has 2 aliphatic rings. The fourth-order valence-electron chi connectivity index (χ4n) is 5.06. The first-order chi connectivity index (χ1) is 18.2. The second-order valence-electron chi connectivity index (χ2n) is 9.86. The summed E-state index contributed by atoms with van der Waals surface area (Å²) >= 11 is 1.63. The molecule has 0 amide bonds. The summed E-state index contributed by atoms with van der Waals surface area (Å²) in [5.41, 5.74) is 4.09. The molecule has 0 bridgehead atoms. The van der Waals surface area contributed by atoms with E-state index in [9.17, 15) is 5.11 Å². The van der Waals surface area contributed by atoms with Crippen molar-refractivity contribution < 1.29 is 9.84 Å². The first kappa shape index (κ1) is 24.2. The lowest BCUT2D eigenvalue weighted by Crippen LogP contribution is -2.36. The number of rotatable bonds is 7. The molecule has 0 radical (unpaired) electrons. The molecule has 4 heterocycles. The number of nitrogens with zero attached hydrogens (tertiary/aromatic N) is 5. The highest BCUT2D eigenvalue weighted by Gasteiger charge is 2.21. The lowest BCUT2D eigenvalue weighted by molar-refractivity contribution is 0.122. The van der Waals surface area contributed by atoms with Gasteiger partial charge in [0.15, 0.2) is 0 Å². The number of hydrogen-bond acceptors (Lipinski definition) is 9. The summed E-state index contributed by atoms with van der Waals surface area (Å²) < 4.78 is 5.48. The summed E-state index contributed by atoms with van der Waals surface area (Å²) in [4.78, 5) is 22.7. The van der Waals surface area contributed by atoms with E-state index in [1.807, 2.05) is 6.07 Å². The Morgan fingerprint density at radius 1 is 0.892 bits per heavy atom. The highest BCUT2D eigenvalue weighted by Crippen LogP contribution is 2.27. The van der Waals surface area contributed by atoms with Gasteiger partial charge >= 0.3 is 0 Å². The first-order valence-corrected chi connectivity index (χ1v) is 13.9. The minimum absolute atomic E-state index is 0.185. The topological polar surface area (TPSA) is 96.3 Å². The summed E-state index contributed by atoms with van der Waals surface area (Å²) in [6.07, 6.45) is 4.69. The maximum atomic E-state index is 9.88. The van der Waals surface area contributed by atoms with E-state index in [4.69, 9.17) is 24.7 Å². The van der Waals surface area contributed by atoms with Crippen LogP contribution in [-0.2, 0) is 17.6 Å². The summed E-state index contributed by atoms with van der Waals surface area (Å²) in [5.74, 6) is 1.65. The van der Waals surface area contributed by atoms with Gasteiger partial charge in [-0.25, -0.2) is 19.9 Å². The number of hydrogen-bond donors (Lipinski definition) is 2. The van der Waals surface area contributed by atoms with Crippen molar-refractivity contribution >= 4 is 33.5 Å². The summed E-state index contributed by atoms with van der Waals surface area (Å²) in [5, 5.41) is 14.4. The molecule has 9 heteroatoms. The molecule has 1 saturated heterocycles. The molecular weight excluding hydrogens is 484 g/mol. The minimum atomic E-state index is -0.185. The molecule has 2 N–H and O–H groups in total. The smallest absolute Gasteiger partial charge is 0.223 e. The van der Waals surface area contributed by atoms with Gasteiger partial charge in [-0.2, -0.15) is 0 Å². The largest absolute Gasteiger partial charge is 0.393 e. The fourth-order valence-corrected chi connectivity index (χ4v) is 6.00. The Labute approximate surface area is 220 Å². The minimum Gasteiger partial charge on any atom is -0.393 e. The number of morpholine rings is 1. The van der Waals surface area contributed by atoms with Crippen molar-refractivity contribution in [2.75, 3.05) is 36.5 Å². The number of thiazole rings is 1. The van der Waals surface area contributed by atoms with Gasteiger partial charge in [0, 0.05) is 32.0 Å². The van der Waals surface area contributed by atoms with E-state index < -0.39 is 0 Å². The Morgan fingerprint density at radius 2 is 1.65 bits per heavy atom. The van der Waals surface area contributed by atoms with Crippen molar-refractivity contribution in [3.05, 3.63) is 70.5 Å². The Morgan fingerprint density at radius 3 is 2.43 bits per heavy atom. The molecule has 0 atom stereocenters. The molecule has 1 aromatic carbocycles. The second-order valence-corrected chi connectivity index (χ2v) is 10.9. The summed E-state index contributed by atoms with van der Waals surface area (Å²) in [6.45, 7) is 3.21. The van der Waals surface area contributed by atoms with Crippen LogP contribution in [0.3, 0.4) is 0 Å². The van der Waals surface area contributed by atoms with Gasteiger partial charge in [-0.1, -0.05) is 41.7 Å². The zero-order chi connectivity index (χ0) is 25.0. The fraction of sp³-hybridized carbons (Fsp3) is 0.429. The number of benzene rings is 1. The van der Waals surface area contributed by atoms with Gasteiger partial charge in [0.05, 0.1) is 30.7 Å². The lowest BCUT2D eigenvalue weighted by atomic mass is 9.93. The molecule has 37 heavy (non-hydrogen) atoms. The molecule has 192 valence electrons.